The van der Waals surface area contributed by atoms with Crippen LogP contribution in [0, 0.1) is 0 Å². The van der Waals surface area contributed by atoms with Crippen LogP contribution in [0.1, 0.15) is 15.9 Å². The fourth-order valence-electron chi connectivity index (χ4n) is 1.64. The third-order valence-corrected chi connectivity index (χ3v) is 2.79. The molecule has 0 saturated heterocycles. The van der Waals surface area contributed by atoms with Gasteiger partial charge in [-0.2, -0.15) is 0 Å². The van der Waals surface area contributed by atoms with E-state index in [-0.39, 0.29) is 23.1 Å². The molecular weight excluding hydrogens is 307 g/mol. The van der Waals surface area contributed by atoms with Gasteiger partial charge in [0.25, 0.3) is 0 Å². The van der Waals surface area contributed by atoms with Crippen molar-refractivity contribution in [3.05, 3.63) is 58.9 Å². The molecule has 0 atom stereocenters. The van der Waals surface area contributed by atoms with E-state index in [0.29, 0.717) is 11.1 Å². The fraction of sp³-hybridized carbons (Fsp3) is 0.143. The summed E-state index contributed by atoms with van der Waals surface area (Å²) < 4.78 is 39.8. The summed E-state index contributed by atoms with van der Waals surface area (Å²) in [4.78, 5) is 15.7. The summed E-state index contributed by atoms with van der Waals surface area (Å²) in [6, 6.07) is 8.17. The molecule has 0 aliphatic carbocycles. The summed E-state index contributed by atoms with van der Waals surface area (Å²) in [5.41, 5.74) is 0.958. The quantitative estimate of drug-likeness (QED) is 0.631. The van der Waals surface area contributed by atoms with Crippen molar-refractivity contribution in [2.75, 3.05) is 0 Å². The molecule has 0 aliphatic rings. The first kappa shape index (κ1) is 15.3. The van der Waals surface area contributed by atoms with E-state index in [1.165, 1.54) is 24.4 Å². The number of nitrogens with zero attached hydrogens (tertiary/aromatic N) is 1. The molecule has 3 nitrogen and oxygen atoms in total. The van der Waals surface area contributed by atoms with Crippen LogP contribution in [0.15, 0.2) is 42.6 Å². The Hall–Kier alpha value is -2.08. The number of ether oxygens (including phenoxy) is 1. The number of ketones is 1. The minimum absolute atomic E-state index is 0.0512. The Bertz CT molecular complexity index is 624. The number of carbonyl (C=O) groups excluding carboxylic acids is 1. The van der Waals surface area contributed by atoms with E-state index in [4.69, 9.17) is 11.6 Å². The molecule has 110 valence electrons. The van der Waals surface area contributed by atoms with E-state index in [0.717, 1.165) is 12.1 Å². The molecular formula is C14H9ClF3NO2. The summed E-state index contributed by atoms with van der Waals surface area (Å²) in [7, 11) is 0. The van der Waals surface area contributed by atoms with Gasteiger partial charge in [-0.1, -0.05) is 23.7 Å². The molecule has 0 bridgehead atoms. The number of benzene rings is 1. The number of carbonyl (C=O) groups is 1. The first-order valence-electron chi connectivity index (χ1n) is 5.83. The lowest BCUT2D eigenvalue weighted by molar-refractivity contribution is -0.274. The Balaban J connectivity index is 2.03. The van der Waals surface area contributed by atoms with Crippen LogP contribution in [-0.4, -0.2) is 17.1 Å². The average Bonchev–Trinajstić information content (AvgIpc) is 2.40. The highest BCUT2D eigenvalue weighted by Crippen LogP contribution is 2.23. The number of Topliss-reactive ketones (excluding diaryl/α,β-unsaturated/α-hetero) is 1. The lowest BCUT2D eigenvalue weighted by Gasteiger charge is -2.09. The zero-order valence-electron chi connectivity index (χ0n) is 10.5. The van der Waals surface area contributed by atoms with E-state index in [1.54, 1.807) is 6.07 Å². The van der Waals surface area contributed by atoms with Crippen molar-refractivity contribution in [1.82, 2.24) is 4.98 Å². The molecule has 0 saturated carbocycles. The van der Waals surface area contributed by atoms with Crippen LogP contribution < -0.4 is 4.74 Å². The normalized spacial score (nSPS) is 11.2. The van der Waals surface area contributed by atoms with Gasteiger partial charge in [-0.3, -0.25) is 4.79 Å². The maximum absolute atomic E-state index is 12.0. The van der Waals surface area contributed by atoms with Crippen LogP contribution >= 0.6 is 11.6 Å². The highest BCUT2D eigenvalue weighted by atomic mass is 35.5. The SMILES string of the molecule is O=C(Cc1ccc(OC(F)(F)F)cc1)c1ccc(Cl)nc1. The van der Waals surface area contributed by atoms with Crippen LogP contribution in [0.5, 0.6) is 5.75 Å². The summed E-state index contributed by atoms with van der Waals surface area (Å²) in [5.74, 6) is -0.532. The van der Waals surface area contributed by atoms with Crippen LogP contribution in [0.3, 0.4) is 0 Å². The number of halogens is 4. The topological polar surface area (TPSA) is 39.2 Å². The van der Waals surface area contributed by atoms with Crippen molar-refractivity contribution < 1.29 is 22.7 Å². The molecule has 0 amide bonds. The predicted octanol–water partition coefficient (Wildman–Crippen LogP) is 4.06. The van der Waals surface area contributed by atoms with E-state index in [2.05, 4.69) is 9.72 Å². The standard InChI is InChI=1S/C14H9ClF3NO2/c15-13-6-3-10(8-19-13)12(20)7-9-1-4-11(5-2-9)21-14(16,17)18/h1-6,8H,7H2. The second kappa shape index (κ2) is 6.13. The van der Waals surface area contributed by atoms with E-state index in [9.17, 15) is 18.0 Å². The Kier molecular flexibility index (Phi) is 4.47. The van der Waals surface area contributed by atoms with Gasteiger partial charge in [-0.05, 0) is 29.8 Å². The predicted molar refractivity (Wildman–Crippen MR) is 70.4 cm³/mol. The van der Waals surface area contributed by atoms with Gasteiger partial charge in [-0.15, -0.1) is 13.2 Å². The molecule has 0 unspecified atom stereocenters. The first-order valence-corrected chi connectivity index (χ1v) is 6.21. The lowest BCUT2D eigenvalue weighted by Crippen LogP contribution is -2.17. The van der Waals surface area contributed by atoms with Crippen LogP contribution in [0.2, 0.25) is 5.15 Å². The average molecular weight is 316 g/mol. The maximum atomic E-state index is 12.0. The molecule has 1 aromatic heterocycles. The number of rotatable bonds is 4. The maximum Gasteiger partial charge on any atom is 0.573 e. The second-order valence-corrected chi connectivity index (χ2v) is 4.55. The van der Waals surface area contributed by atoms with Gasteiger partial charge in [-0.25, -0.2) is 4.98 Å². The Morgan fingerprint density at radius 1 is 1.14 bits per heavy atom. The number of aromatic nitrogens is 1. The van der Waals surface area contributed by atoms with Gasteiger partial charge < -0.3 is 4.74 Å². The third-order valence-electron chi connectivity index (χ3n) is 2.57. The fourth-order valence-corrected chi connectivity index (χ4v) is 1.75. The largest absolute Gasteiger partial charge is 0.573 e. The summed E-state index contributed by atoms with van der Waals surface area (Å²) >= 11 is 5.62. The van der Waals surface area contributed by atoms with E-state index in [1.807, 2.05) is 0 Å². The highest BCUT2D eigenvalue weighted by Gasteiger charge is 2.30. The van der Waals surface area contributed by atoms with Gasteiger partial charge in [0.1, 0.15) is 10.9 Å². The second-order valence-electron chi connectivity index (χ2n) is 4.16. The third kappa shape index (κ3) is 4.75. The van der Waals surface area contributed by atoms with Gasteiger partial charge >= 0.3 is 6.36 Å². The Labute approximate surface area is 123 Å². The van der Waals surface area contributed by atoms with E-state index >= 15 is 0 Å². The smallest absolute Gasteiger partial charge is 0.406 e. The van der Waals surface area contributed by atoms with E-state index < -0.39 is 6.36 Å². The molecule has 0 spiro atoms. The highest BCUT2D eigenvalue weighted by molar-refractivity contribution is 6.29. The summed E-state index contributed by atoms with van der Waals surface area (Å²) in [6.45, 7) is 0. The number of pyridine rings is 1. The van der Waals surface area contributed by atoms with Crippen molar-refractivity contribution in [3.63, 3.8) is 0 Å². The van der Waals surface area contributed by atoms with Crippen molar-refractivity contribution in [2.45, 2.75) is 12.8 Å². The number of hydrogen-bond acceptors (Lipinski definition) is 3. The van der Waals surface area contributed by atoms with Crippen molar-refractivity contribution in [1.29, 1.82) is 0 Å². The minimum Gasteiger partial charge on any atom is -0.406 e. The first-order chi connectivity index (χ1) is 9.83. The molecule has 1 aromatic carbocycles. The molecule has 2 aromatic rings. The molecule has 0 N–H and O–H groups in total. The van der Waals surface area contributed by atoms with Crippen molar-refractivity contribution in [3.8, 4) is 5.75 Å². The molecule has 7 heteroatoms. The monoisotopic (exact) mass is 315 g/mol. The molecule has 0 fully saturated rings. The zero-order chi connectivity index (χ0) is 15.5. The van der Waals surface area contributed by atoms with Gasteiger partial charge in [0.2, 0.25) is 0 Å². The molecule has 0 aliphatic heterocycles. The molecule has 1 heterocycles. The van der Waals surface area contributed by atoms with Crippen molar-refractivity contribution >= 4 is 17.4 Å². The van der Waals surface area contributed by atoms with Gasteiger partial charge in [0.05, 0.1) is 0 Å². The molecule has 2 rings (SSSR count). The molecule has 0 radical (unpaired) electrons. The molecule has 21 heavy (non-hydrogen) atoms. The Morgan fingerprint density at radius 2 is 1.81 bits per heavy atom. The van der Waals surface area contributed by atoms with Gasteiger partial charge in [0, 0.05) is 18.2 Å². The Morgan fingerprint density at radius 3 is 2.33 bits per heavy atom. The number of alkyl halides is 3. The minimum atomic E-state index is -4.73. The summed E-state index contributed by atoms with van der Waals surface area (Å²) in [6.07, 6.45) is -3.33. The zero-order valence-corrected chi connectivity index (χ0v) is 11.3. The van der Waals surface area contributed by atoms with Crippen molar-refractivity contribution in [2.24, 2.45) is 0 Å². The summed E-state index contributed by atoms with van der Waals surface area (Å²) in [5, 5.41) is 0.278. The lowest BCUT2D eigenvalue weighted by atomic mass is 10.0. The van der Waals surface area contributed by atoms with Crippen LogP contribution in [-0.2, 0) is 6.42 Å². The number of hydrogen-bond donors (Lipinski definition) is 0. The van der Waals surface area contributed by atoms with Crippen LogP contribution in [0.25, 0.3) is 0 Å². The van der Waals surface area contributed by atoms with Crippen LogP contribution in [0.4, 0.5) is 13.2 Å². The van der Waals surface area contributed by atoms with Gasteiger partial charge in [0.15, 0.2) is 5.78 Å².